The summed E-state index contributed by atoms with van der Waals surface area (Å²) >= 11 is 1.29. The normalized spacial score (nSPS) is 11.9. The number of aromatic nitrogens is 2. The van der Waals surface area contributed by atoms with Gasteiger partial charge in [-0.15, -0.1) is 11.3 Å². The van der Waals surface area contributed by atoms with Crippen molar-refractivity contribution >= 4 is 21.4 Å². The molecule has 2 aromatic rings. The van der Waals surface area contributed by atoms with E-state index in [1.807, 2.05) is 20.0 Å². The Labute approximate surface area is 129 Å². The van der Waals surface area contributed by atoms with Crippen LogP contribution in [0.1, 0.15) is 22.6 Å². The quantitative estimate of drug-likeness (QED) is 0.640. The van der Waals surface area contributed by atoms with Gasteiger partial charge in [0.15, 0.2) is 0 Å². The van der Waals surface area contributed by atoms with Crippen molar-refractivity contribution < 1.29 is 8.42 Å². The molecule has 8 heteroatoms. The van der Waals surface area contributed by atoms with Crippen LogP contribution in [-0.4, -0.2) is 32.2 Å². The average molecular weight is 328 g/mol. The highest BCUT2D eigenvalue weighted by Crippen LogP contribution is 2.21. The number of sulfonamides is 1. The monoisotopic (exact) mass is 328 g/mol. The van der Waals surface area contributed by atoms with E-state index in [0.717, 1.165) is 29.0 Å². The Balaban J connectivity index is 1.84. The molecule has 0 amide bonds. The molecule has 0 aliphatic carbocycles. The van der Waals surface area contributed by atoms with Crippen molar-refractivity contribution in [3.8, 4) is 0 Å². The summed E-state index contributed by atoms with van der Waals surface area (Å²) in [6.45, 7) is 3.06. The van der Waals surface area contributed by atoms with Crippen LogP contribution < -0.4 is 10.0 Å². The molecule has 0 spiro atoms. The van der Waals surface area contributed by atoms with Gasteiger partial charge in [0.05, 0.1) is 6.20 Å². The second-order valence-corrected chi connectivity index (χ2v) is 7.93. The van der Waals surface area contributed by atoms with Gasteiger partial charge < -0.3 is 5.32 Å². The maximum Gasteiger partial charge on any atom is 0.250 e. The molecular formula is C13H20N4O2S2. The van der Waals surface area contributed by atoms with E-state index in [0.29, 0.717) is 17.3 Å². The number of thiophene rings is 1. The lowest BCUT2D eigenvalue weighted by Gasteiger charge is -2.04. The van der Waals surface area contributed by atoms with Crippen LogP contribution in [0, 0.1) is 6.92 Å². The largest absolute Gasteiger partial charge is 0.315 e. The number of aromatic amines is 1. The Hall–Kier alpha value is -1.22. The number of H-pyrrole nitrogens is 1. The molecular weight excluding hydrogens is 308 g/mol. The standard InChI is InChI=1S/C13H20N4O2S2/c1-10-11(8-15-17-10)4-3-7-16-21(18,19)13-6-5-12(20-13)9-14-2/h5-6,8,14,16H,3-4,7,9H2,1-2H3,(H,15,17). The topological polar surface area (TPSA) is 86.9 Å². The van der Waals surface area contributed by atoms with Crippen molar-refractivity contribution in [1.82, 2.24) is 20.2 Å². The first-order valence-corrected chi connectivity index (χ1v) is 9.04. The number of rotatable bonds is 8. The SMILES string of the molecule is CNCc1ccc(S(=O)(=O)NCCCc2cn[nH]c2C)s1. The lowest BCUT2D eigenvalue weighted by atomic mass is 10.1. The molecule has 0 saturated heterocycles. The van der Waals surface area contributed by atoms with E-state index in [2.05, 4.69) is 20.2 Å². The zero-order valence-electron chi connectivity index (χ0n) is 12.1. The summed E-state index contributed by atoms with van der Waals surface area (Å²) in [4.78, 5) is 1.01. The van der Waals surface area contributed by atoms with Gasteiger partial charge in [0.2, 0.25) is 10.0 Å². The van der Waals surface area contributed by atoms with Crippen LogP contribution in [0.25, 0.3) is 0 Å². The van der Waals surface area contributed by atoms with E-state index in [1.54, 1.807) is 12.3 Å². The van der Waals surface area contributed by atoms with Gasteiger partial charge in [-0.3, -0.25) is 5.10 Å². The van der Waals surface area contributed by atoms with Gasteiger partial charge >= 0.3 is 0 Å². The van der Waals surface area contributed by atoms with Crippen LogP contribution in [0.4, 0.5) is 0 Å². The summed E-state index contributed by atoms with van der Waals surface area (Å²) in [6, 6.07) is 3.49. The lowest BCUT2D eigenvalue weighted by Crippen LogP contribution is -2.24. The molecule has 0 aromatic carbocycles. The van der Waals surface area contributed by atoms with Crippen LogP contribution in [0.2, 0.25) is 0 Å². The number of nitrogens with one attached hydrogen (secondary N) is 3. The highest BCUT2D eigenvalue weighted by molar-refractivity contribution is 7.91. The Morgan fingerprint density at radius 1 is 1.38 bits per heavy atom. The molecule has 116 valence electrons. The van der Waals surface area contributed by atoms with E-state index in [4.69, 9.17) is 0 Å². The maximum absolute atomic E-state index is 12.1. The molecule has 2 heterocycles. The fourth-order valence-electron chi connectivity index (χ4n) is 1.96. The molecule has 2 aromatic heterocycles. The third-order valence-corrected chi connectivity index (χ3v) is 6.14. The summed E-state index contributed by atoms with van der Waals surface area (Å²) < 4.78 is 27.3. The number of aryl methyl sites for hydroxylation is 2. The molecule has 0 bridgehead atoms. The smallest absolute Gasteiger partial charge is 0.250 e. The van der Waals surface area contributed by atoms with E-state index >= 15 is 0 Å². The Kier molecular flexibility index (Phi) is 5.51. The highest BCUT2D eigenvalue weighted by Gasteiger charge is 2.16. The van der Waals surface area contributed by atoms with E-state index in [9.17, 15) is 8.42 Å². The molecule has 21 heavy (non-hydrogen) atoms. The molecule has 0 unspecified atom stereocenters. The minimum absolute atomic E-state index is 0.368. The molecule has 0 aliphatic rings. The first kappa shape index (κ1) is 16.2. The Bertz CT molecular complexity index is 676. The molecule has 2 rings (SSSR count). The zero-order valence-corrected chi connectivity index (χ0v) is 13.8. The van der Waals surface area contributed by atoms with Gasteiger partial charge in [0, 0.05) is 23.7 Å². The minimum Gasteiger partial charge on any atom is -0.315 e. The Morgan fingerprint density at radius 2 is 2.19 bits per heavy atom. The molecule has 0 aliphatic heterocycles. The maximum atomic E-state index is 12.1. The molecule has 3 N–H and O–H groups in total. The summed E-state index contributed by atoms with van der Waals surface area (Å²) in [7, 11) is -1.55. The van der Waals surface area contributed by atoms with E-state index < -0.39 is 10.0 Å². The first-order chi connectivity index (χ1) is 10.0. The molecule has 0 radical (unpaired) electrons. The predicted molar refractivity (Wildman–Crippen MR) is 83.9 cm³/mol. The third kappa shape index (κ3) is 4.37. The van der Waals surface area contributed by atoms with Crippen molar-refractivity contribution in [3.05, 3.63) is 34.5 Å². The van der Waals surface area contributed by atoms with Crippen LogP contribution >= 0.6 is 11.3 Å². The second kappa shape index (κ2) is 7.17. The summed E-state index contributed by atoms with van der Waals surface area (Å²) in [5.41, 5.74) is 2.16. The van der Waals surface area contributed by atoms with Crippen LogP contribution in [0.15, 0.2) is 22.5 Å². The minimum atomic E-state index is -3.39. The fourth-order valence-corrected chi connectivity index (χ4v) is 4.44. The van der Waals surface area contributed by atoms with Crippen molar-refractivity contribution in [3.63, 3.8) is 0 Å². The van der Waals surface area contributed by atoms with Crippen LogP contribution in [0.3, 0.4) is 0 Å². The third-order valence-electron chi connectivity index (χ3n) is 3.10. The fraction of sp³-hybridized carbons (Fsp3) is 0.462. The predicted octanol–water partition coefficient (Wildman–Crippen LogP) is 1.41. The van der Waals surface area contributed by atoms with Gasteiger partial charge in [0.1, 0.15) is 4.21 Å². The highest BCUT2D eigenvalue weighted by atomic mass is 32.2. The first-order valence-electron chi connectivity index (χ1n) is 6.75. The zero-order chi connectivity index (χ0) is 15.3. The van der Waals surface area contributed by atoms with Crippen molar-refractivity contribution in [2.24, 2.45) is 0 Å². The van der Waals surface area contributed by atoms with E-state index in [-0.39, 0.29) is 0 Å². The summed E-state index contributed by atoms with van der Waals surface area (Å²) in [5, 5.41) is 9.83. The van der Waals surface area contributed by atoms with Gasteiger partial charge in [-0.25, -0.2) is 13.1 Å². The van der Waals surface area contributed by atoms with Crippen molar-refractivity contribution in [2.45, 2.75) is 30.5 Å². The second-order valence-electron chi connectivity index (χ2n) is 4.77. The van der Waals surface area contributed by atoms with Gasteiger partial charge in [-0.2, -0.15) is 5.10 Å². The molecule has 6 nitrogen and oxygen atoms in total. The van der Waals surface area contributed by atoms with Crippen molar-refractivity contribution in [1.29, 1.82) is 0 Å². The molecule has 0 fully saturated rings. The summed E-state index contributed by atoms with van der Waals surface area (Å²) in [5.74, 6) is 0. The molecule has 0 saturated carbocycles. The number of hydrogen-bond acceptors (Lipinski definition) is 5. The summed E-state index contributed by atoms with van der Waals surface area (Å²) in [6.07, 6.45) is 3.34. The van der Waals surface area contributed by atoms with Crippen molar-refractivity contribution in [2.75, 3.05) is 13.6 Å². The number of hydrogen-bond donors (Lipinski definition) is 3. The lowest BCUT2D eigenvalue weighted by molar-refractivity contribution is 0.581. The average Bonchev–Trinajstić information content (AvgIpc) is 3.05. The van der Waals surface area contributed by atoms with Gasteiger partial charge in [-0.05, 0) is 44.5 Å². The van der Waals surface area contributed by atoms with E-state index in [1.165, 1.54) is 11.3 Å². The van der Waals surface area contributed by atoms with Crippen LogP contribution in [0.5, 0.6) is 0 Å². The number of nitrogens with zero attached hydrogens (tertiary/aromatic N) is 1. The molecule has 0 atom stereocenters. The van der Waals surface area contributed by atoms with Gasteiger partial charge in [-0.1, -0.05) is 0 Å². The van der Waals surface area contributed by atoms with Gasteiger partial charge in [0.25, 0.3) is 0 Å². The Morgan fingerprint density at radius 3 is 2.86 bits per heavy atom. The van der Waals surface area contributed by atoms with Crippen LogP contribution in [-0.2, 0) is 23.0 Å².